The molecule has 0 aliphatic rings. The van der Waals surface area contributed by atoms with Crippen LogP contribution in [0.5, 0.6) is 11.5 Å². The van der Waals surface area contributed by atoms with Crippen molar-refractivity contribution in [1.29, 1.82) is 0 Å². The minimum Gasteiger partial charge on any atom is -0.497 e. The quantitative estimate of drug-likeness (QED) is 0.569. The molecule has 140 valence electrons. The first-order valence-corrected chi connectivity index (χ1v) is 9.40. The van der Waals surface area contributed by atoms with Crippen molar-refractivity contribution in [3.8, 4) is 22.8 Å². The SMILES string of the molecule is COc1ccc(OCCCC(=O)Nc2cccc(-c3csc(N)n3)c2)cc1. The van der Waals surface area contributed by atoms with E-state index >= 15 is 0 Å². The van der Waals surface area contributed by atoms with E-state index in [9.17, 15) is 4.79 Å². The zero-order valence-electron chi connectivity index (χ0n) is 15.0. The predicted molar refractivity (Wildman–Crippen MR) is 108 cm³/mol. The highest BCUT2D eigenvalue weighted by molar-refractivity contribution is 7.13. The molecule has 0 radical (unpaired) electrons. The first kappa shape index (κ1) is 18.7. The fourth-order valence-electron chi connectivity index (χ4n) is 2.49. The van der Waals surface area contributed by atoms with Crippen molar-refractivity contribution in [2.75, 3.05) is 24.8 Å². The van der Waals surface area contributed by atoms with E-state index in [1.54, 1.807) is 7.11 Å². The summed E-state index contributed by atoms with van der Waals surface area (Å²) in [6, 6.07) is 14.9. The average molecular weight is 383 g/mol. The van der Waals surface area contributed by atoms with Crippen molar-refractivity contribution in [3.05, 3.63) is 53.9 Å². The number of rotatable bonds is 8. The molecule has 0 atom stereocenters. The zero-order valence-corrected chi connectivity index (χ0v) is 15.8. The van der Waals surface area contributed by atoms with Gasteiger partial charge in [0.2, 0.25) is 5.91 Å². The second-order valence-electron chi connectivity index (χ2n) is 5.83. The number of carbonyl (C=O) groups is 1. The summed E-state index contributed by atoms with van der Waals surface area (Å²) in [5.74, 6) is 1.49. The number of carbonyl (C=O) groups excluding carboxylic acids is 1. The number of aromatic nitrogens is 1. The average Bonchev–Trinajstić information content (AvgIpc) is 3.12. The number of methoxy groups -OCH3 is 1. The fraction of sp³-hybridized carbons (Fsp3) is 0.200. The van der Waals surface area contributed by atoms with Gasteiger partial charge in [-0.25, -0.2) is 4.98 Å². The van der Waals surface area contributed by atoms with E-state index < -0.39 is 0 Å². The summed E-state index contributed by atoms with van der Waals surface area (Å²) in [5.41, 5.74) is 8.14. The standard InChI is InChI=1S/C20H21N3O3S/c1-25-16-7-9-17(10-8-16)26-11-3-6-19(24)22-15-5-2-4-14(12-15)18-13-27-20(21)23-18/h2,4-5,7-10,12-13H,3,6,11H2,1H3,(H2,21,23)(H,22,24). The van der Waals surface area contributed by atoms with E-state index in [0.717, 1.165) is 28.4 Å². The molecule has 3 N–H and O–H groups in total. The Bertz CT molecular complexity index is 893. The maximum absolute atomic E-state index is 12.1. The van der Waals surface area contributed by atoms with Crippen LogP contribution >= 0.6 is 11.3 Å². The Balaban J connectivity index is 1.45. The van der Waals surface area contributed by atoms with Crippen LogP contribution < -0.4 is 20.5 Å². The molecule has 1 aromatic heterocycles. The number of amides is 1. The summed E-state index contributed by atoms with van der Waals surface area (Å²) in [6.45, 7) is 0.470. The van der Waals surface area contributed by atoms with Crippen LogP contribution in [0.2, 0.25) is 0 Å². The van der Waals surface area contributed by atoms with Gasteiger partial charge in [-0.15, -0.1) is 11.3 Å². The highest BCUT2D eigenvalue weighted by atomic mass is 32.1. The molecule has 7 heteroatoms. The van der Waals surface area contributed by atoms with Crippen LogP contribution in [0.15, 0.2) is 53.9 Å². The smallest absolute Gasteiger partial charge is 0.224 e. The van der Waals surface area contributed by atoms with Crippen LogP contribution in [0.3, 0.4) is 0 Å². The summed E-state index contributed by atoms with van der Waals surface area (Å²) >= 11 is 1.39. The molecule has 6 nitrogen and oxygen atoms in total. The van der Waals surface area contributed by atoms with Crippen molar-refractivity contribution >= 4 is 28.1 Å². The van der Waals surface area contributed by atoms with Gasteiger partial charge in [-0.2, -0.15) is 0 Å². The third kappa shape index (κ3) is 5.46. The summed E-state index contributed by atoms with van der Waals surface area (Å²) in [4.78, 5) is 16.4. The molecule has 0 aliphatic carbocycles. The second-order valence-corrected chi connectivity index (χ2v) is 6.72. The Morgan fingerprint density at radius 2 is 1.96 bits per heavy atom. The van der Waals surface area contributed by atoms with Gasteiger partial charge in [-0.1, -0.05) is 12.1 Å². The van der Waals surface area contributed by atoms with Crippen molar-refractivity contribution in [2.45, 2.75) is 12.8 Å². The molecule has 0 fully saturated rings. The molecule has 1 amide bonds. The highest BCUT2D eigenvalue weighted by Crippen LogP contribution is 2.25. The molecule has 3 aromatic rings. The number of benzene rings is 2. The molecule has 0 bridgehead atoms. The molecule has 0 spiro atoms. The summed E-state index contributed by atoms with van der Waals surface area (Å²) in [5, 5.41) is 5.33. The lowest BCUT2D eigenvalue weighted by molar-refractivity contribution is -0.116. The van der Waals surface area contributed by atoms with Gasteiger partial charge in [0.15, 0.2) is 5.13 Å². The largest absolute Gasteiger partial charge is 0.497 e. The van der Waals surface area contributed by atoms with E-state index in [0.29, 0.717) is 24.6 Å². The fourth-order valence-corrected chi connectivity index (χ4v) is 3.07. The van der Waals surface area contributed by atoms with Gasteiger partial charge in [0.1, 0.15) is 11.5 Å². The van der Waals surface area contributed by atoms with E-state index in [1.165, 1.54) is 11.3 Å². The number of hydrogen-bond donors (Lipinski definition) is 2. The Morgan fingerprint density at radius 1 is 1.19 bits per heavy atom. The molecule has 2 aromatic carbocycles. The van der Waals surface area contributed by atoms with Crippen LogP contribution in [-0.4, -0.2) is 24.6 Å². The molecular formula is C20H21N3O3S. The van der Waals surface area contributed by atoms with E-state index in [1.807, 2.05) is 53.9 Å². The van der Waals surface area contributed by atoms with Crippen molar-refractivity contribution in [2.24, 2.45) is 0 Å². The number of nitrogens with two attached hydrogens (primary N) is 1. The van der Waals surface area contributed by atoms with Gasteiger partial charge in [-0.05, 0) is 42.8 Å². The number of ether oxygens (including phenoxy) is 2. The van der Waals surface area contributed by atoms with Gasteiger partial charge in [0.05, 0.1) is 19.4 Å². The Hall–Kier alpha value is -3.06. The molecule has 3 rings (SSSR count). The number of nitrogens with zero attached hydrogens (tertiary/aromatic N) is 1. The number of thiazole rings is 1. The minimum atomic E-state index is -0.0525. The van der Waals surface area contributed by atoms with Gasteiger partial charge in [0, 0.05) is 23.1 Å². The van der Waals surface area contributed by atoms with Crippen molar-refractivity contribution in [1.82, 2.24) is 4.98 Å². The van der Waals surface area contributed by atoms with Crippen molar-refractivity contribution < 1.29 is 14.3 Å². The van der Waals surface area contributed by atoms with Crippen molar-refractivity contribution in [3.63, 3.8) is 0 Å². The normalized spacial score (nSPS) is 10.4. The number of hydrogen-bond acceptors (Lipinski definition) is 6. The Labute approximate surface area is 162 Å². The predicted octanol–water partition coefficient (Wildman–Crippen LogP) is 4.20. The number of nitrogens with one attached hydrogen (secondary N) is 1. The molecule has 27 heavy (non-hydrogen) atoms. The van der Waals surface area contributed by atoms with Gasteiger partial charge in [-0.3, -0.25) is 4.79 Å². The molecule has 0 saturated heterocycles. The Kier molecular flexibility index (Phi) is 6.27. The molecule has 0 saturated carbocycles. The zero-order chi connectivity index (χ0) is 19.1. The topological polar surface area (TPSA) is 86.5 Å². The van der Waals surface area contributed by atoms with E-state index in [4.69, 9.17) is 15.2 Å². The van der Waals surface area contributed by atoms with Crippen LogP contribution in [0.4, 0.5) is 10.8 Å². The third-order valence-corrected chi connectivity index (χ3v) is 4.51. The van der Waals surface area contributed by atoms with E-state index in [2.05, 4.69) is 10.3 Å². The second kappa shape index (κ2) is 9.05. The van der Waals surface area contributed by atoms with E-state index in [-0.39, 0.29) is 5.91 Å². The maximum atomic E-state index is 12.1. The van der Waals surface area contributed by atoms with Crippen LogP contribution in [0.1, 0.15) is 12.8 Å². The van der Waals surface area contributed by atoms with Gasteiger partial charge < -0.3 is 20.5 Å². The Morgan fingerprint density at radius 3 is 2.67 bits per heavy atom. The summed E-state index contributed by atoms with van der Waals surface area (Å²) < 4.78 is 10.7. The first-order chi connectivity index (χ1) is 13.1. The summed E-state index contributed by atoms with van der Waals surface area (Å²) in [7, 11) is 1.62. The minimum absolute atomic E-state index is 0.0525. The maximum Gasteiger partial charge on any atom is 0.224 e. The molecule has 1 heterocycles. The monoisotopic (exact) mass is 383 g/mol. The van der Waals surface area contributed by atoms with Crippen LogP contribution in [0, 0.1) is 0 Å². The van der Waals surface area contributed by atoms with Crippen LogP contribution in [0.25, 0.3) is 11.3 Å². The van der Waals surface area contributed by atoms with Crippen LogP contribution in [-0.2, 0) is 4.79 Å². The first-order valence-electron chi connectivity index (χ1n) is 8.52. The third-order valence-electron chi connectivity index (χ3n) is 3.84. The molecule has 0 aliphatic heterocycles. The lowest BCUT2D eigenvalue weighted by Crippen LogP contribution is -2.12. The lowest BCUT2D eigenvalue weighted by atomic mass is 10.1. The van der Waals surface area contributed by atoms with Gasteiger partial charge in [0.25, 0.3) is 0 Å². The number of nitrogen functional groups attached to an aromatic ring is 1. The summed E-state index contributed by atoms with van der Waals surface area (Å²) in [6.07, 6.45) is 1.00. The molecular weight excluding hydrogens is 362 g/mol. The van der Waals surface area contributed by atoms with Gasteiger partial charge >= 0.3 is 0 Å². The highest BCUT2D eigenvalue weighted by Gasteiger charge is 2.06. The molecule has 0 unspecified atom stereocenters. The number of anilines is 2. The lowest BCUT2D eigenvalue weighted by Gasteiger charge is -2.08.